The van der Waals surface area contributed by atoms with Crippen molar-refractivity contribution in [2.45, 2.75) is 38.8 Å². The van der Waals surface area contributed by atoms with Gasteiger partial charge in [-0.15, -0.1) is 0 Å². The minimum atomic E-state index is -0.274. The monoisotopic (exact) mass is 342 g/mol. The van der Waals surface area contributed by atoms with Gasteiger partial charge in [-0.05, 0) is 28.8 Å². The highest BCUT2D eigenvalue weighted by Crippen LogP contribution is 2.20. The summed E-state index contributed by atoms with van der Waals surface area (Å²) in [6, 6.07) is -0.274. The Kier molecular flexibility index (Phi) is 4.80. The molecule has 1 saturated heterocycles. The number of aryl methyl sites for hydroxylation is 1. The summed E-state index contributed by atoms with van der Waals surface area (Å²) in [5, 5.41) is 7.25. The quantitative estimate of drug-likeness (QED) is 0.879. The fourth-order valence-corrected chi connectivity index (χ4v) is 2.60. The molecule has 1 N–H and O–H groups in total. The van der Waals surface area contributed by atoms with Crippen LogP contribution >= 0.6 is 15.9 Å². The van der Waals surface area contributed by atoms with Gasteiger partial charge in [0, 0.05) is 20.1 Å². The van der Waals surface area contributed by atoms with Crippen LogP contribution in [0.15, 0.2) is 15.5 Å². The summed E-state index contributed by atoms with van der Waals surface area (Å²) in [5.41, 5.74) is 0.415. The smallest absolute Gasteiger partial charge is 0.283 e. The Morgan fingerprint density at radius 1 is 1.50 bits per heavy atom. The van der Waals surface area contributed by atoms with Crippen LogP contribution in [-0.4, -0.2) is 40.2 Å². The van der Waals surface area contributed by atoms with E-state index in [0.717, 1.165) is 25.8 Å². The molecule has 7 heteroatoms. The Bertz CT molecular complexity index is 558. The van der Waals surface area contributed by atoms with Crippen molar-refractivity contribution in [1.82, 2.24) is 14.7 Å². The lowest BCUT2D eigenvalue weighted by Crippen LogP contribution is -2.32. The van der Waals surface area contributed by atoms with Crippen LogP contribution in [-0.2, 0) is 11.3 Å². The van der Waals surface area contributed by atoms with Crippen LogP contribution in [0, 0.1) is 0 Å². The molecule has 20 heavy (non-hydrogen) atoms. The van der Waals surface area contributed by atoms with Gasteiger partial charge in [-0.1, -0.05) is 13.3 Å². The number of anilines is 1. The molecule has 0 bridgehead atoms. The van der Waals surface area contributed by atoms with Crippen molar-refractivity contribution in [2.75, 3.05) is 18.9 Å². The summed E-state index contributed by atoms with van der Waals surface area (Å²) in [6.45, 7) is 3.41. The van der Waals surface area contributed by atoms with Gasteiger partial charge in [0.1, 0.15) is 10.5 Å². The zero-order chi connectivity index (χ0) is 14.7. The van der Waals surface area contributed by atoms with Crippen molar-refractivity contribution in [1.29, 1.82) is 0 Å². The first-order valence-corrected chi connectivity index (χ1v) is 7.61. The lowest BCUT2D eigenvalue weighted by atomic mass is 10.2. The van der Waals surface area contributed by atoms with Gasteiger partial charge in [0.05, 0.1) is 11.9 Å². The van der Waals surface area contributed by atoms with Crippen molar-refractivity contribution >= 4 is 27.5 Å². The number of aromatic nitrogens is 2. The molecule has 1 amide bonds. The van der Waals surface area contributed by atoms with Gasteiger partial charge in [-0.25, -0.2) is 4.68 Å². The second kappa shape index (κ2) is 6.39. The number of nitrogens with zero attached hydrogens (tertiary/aromatic N) is 3. The molecule has 0 saturated carbocycles. The van der Waals surface area contributed by atoms with E-state index in [2.05, 4.69) is 33.3 Å². The van der Waals surface area contributed by atoms with E-state index in [4.69, 9.17) is 0 Å². The Labute approximate surface area is 126 Å². The van der Waals surface area contributed by atoms with Gasteiger partial charge < -0.3 is 10.2 Å². The van der Waals surface area contributed by atoms with Crippen LogP contribution in [0.2, 0.25) is 0 Å². The van der Waals surface area contributed by atoms with Crippen LogP contribution in [0.25, 0.3) is 0 Å². The van der Waals surface area contributed by atoms with Crippen LogP contribution in [0.3, 0.4) is 0 Å². The van der Waals surface area contributed by atoms with E-state index >= 15 is 0 Å². The van der Waals surface area contributed by atoms with Gasteiger partial charge in [0.2, 0.25) is 5.91 Å². The first-order chi connectivity index (χ1) is 9.54. The maximum absolute atomic E-state index is 12.1. The molecule has 1 fully saturated rings. The number of hydrogen-bond donors (Lipinski definition) is 1. The molecule has 110 valence electrons. The molecule has 0 spiro atoms. The van der Waals surface area contributed by atoms with Gasteiger partial charge in [-0.3, -0.25) is 9.59 Å². The molecule has 6 nitrogen and oxygen atoms in total. The number of likely N-dealkylation sites (N-methyl/N-ethyl adjacent to an activating group) is 1. The molecule has 2 heterocycles. The van der Waals surface area contributed by atoms with E-state index in [0.29, 0.717) is 16.7 Å². The minimum Gasteiger partial charge on any atom is -0.371 e. The van der Waals surface area contributed by atoms with Crippen molar-refractivity contribution < 1.29 is 4.79 Å². The molecule has 1 unspecified atom stereocenters. The molecular weight excluding hydrogens is 324 g/mol. The number of halogens is 1. The minimum absolute atomic E-state index is 0.0482. The van der Waals surface area contributed by atoms with Crippen LogP contribution < -0.4 is 10.9 Å². The summed E-state index contributed by atoms with van der Waals surface area (Å²) < 4.78 is 1.88. The van der Waals surface area contributed by atoms with Crippen LogP contribution in [0.4, 0.5) is 5.69 Å². The van der Waals surface area contributed by atoms with Gasteiger partial charge in [0.15, 0.2) is 0 Å². The molecule has 1 aliphatic rings. The summed E-state index contributed by atoms with van der Waals surface area (Å²) in [6.07, 6.45) is 4.26. The van der Waals surface area contributed by atoms with E-state index in [1.807, 2.05) is 0 Å². The maximum atomic E-state index is 12.1. The molecule has 0 aromatic carbocycles. The van der Waals surface area contributed by atoms with Crippen LogP contribution in [0.1, 0.15) is 26.2 Å². The van der Waals surface area contributed by atoms with Crippen molar-refractivity contribution in [3.8, 4) is 0 Å². The molecular formula is C13H19BrN4O2. The topological polar surface area (TPSA) is 67.2 Å². The lowest BCUT2D eigenvalue weighted by molar-refractivity contribution is -0.127. The van der Waals surface area contributed by atoms with Gasteiger partial charge in [-0.2, -0.15) is 5.10 Å². The molecule has 0 aliphatic carbocycles. The summed E-state index contributed by atoms with van der Waals surface area (Å²) in [7, 11) is 1.78. The van der Waals surface area contributed by atoms with Crippen molar-refractivity contribution in [3.05, 3.63) is 21.0 Å². The highest BCUT2D eigenvalue weighted by Gasteiger charge is 2.29. The standard InChI is InChI=1S/C13H19BrN4O2/c1-3-4-6-18-13(20)11(14)10(8-15-18)16-9-5-7-17(2)12(9)19/h8-9,16H,3-7H2,1-2H3. The fourth-order valence-electron chi connectivity index (χ4n) is 2.18. The zero-order valence-corrected chi connectivity index (χ0v) is 13.3. The first kappa shape index (κ1) is 15.0. The average molecular weight is 343 g/mol. The van der Waals surface area contributed by atoms with E-state index in [9.17, 15) is 9.59 Å². The van der Waals surface area contributed by atoms with E-state index in [1.54, 1.807) is 18.1 Å². The zero-order valence-electron chi connectivity index (χ0n) is 11.7. The molecule has 0 radical (unpaired) electrons. The third-order valence-electron chi connectivity index (χ3n) is 3.47. The third kappa shape index (κ3) is 3.03. The van der Waals surface area contributed by atoms with Gasteiger partial charge >= 0.3 is 0 Å². The number of rotatable bonds is 5. The van der Waals surface area contributed by atoms with Crippen LogP contribution in [0.5, 0.6) is 0 Å². The molecule has 1 atom stereocenters. The normalized spacial score (nSPS) is 18.6. The number of nitrogens with one attached hydrogen (secondary N) is 1. The first-order valence-electron chi connectivity index (χ1n) is 6.81. The molecule has 2 rings (SSSR count). The second-order valence-electron chi connectivity index (χ2n) is 5.00. The van der Waals surface area contributed by atoms with E-state index < -0.39 is 0 Å². The van der Waals surface area contributed by atoms with E-state index in [-0.39, 0.29) is 17.5 Å². The lowest BCUT2D eigenvalue weighted by Gasteiger charge is -2.15. The second-order valence-corrected chi connectivity index (χ2v) is 5.79. The molecule has 1 aliphatic heterocycles. The average Bonchev–Trinajstić information content (AvgIpc) is 2.75. The highest BCUT2D eigenvalue weighted by atomic mass is 79.9. The van der Waals surface area contributed by atoms with Crippen molar-refractivity contribution in [3.63, 3.8) is 0 Å². The SMILES string of the molecule is CCCCn1ncc(NC2CCN(C)C2=O)c(Br)c1=O. The summed E-state index contributed by atoms with van der Waals surface area (Å²) in [4.78, 5) is 25.7. The Balaban J connectivity index is 2.15. The van der Waals surface area contributed by atoms with Gasteiger partial charge in [0.25, 0.3) is 5.56 Å². The highest BCUT2D eigenvalue weighted by molar-refractivity contribution is 9.10. The predicted octanol–water partition coefficient (Wildman–Crippen LogP) is 1.45. The molecule has 1 aromatic rings. The Morgan fingerprint density at radius 3 is 2.85 bits per heavy atom. The number of amides is 1. The van der Waals surface area contributed by atoms with E-state index in [1.165, 1.54) is 4.68 Å². The molecule has 1 aromatic heterocycles. The number of likely N-dealkylation sites (tertiary alicyclic amines) is 1. The summed E-state index contributed by atoms with van der Waals surface area (Å²) in [5.74, 6) is 0.0482. The number of carbonyl (C=O) groups excluding carboxylic acids is 1. The Hall–Kier alpha value is -1.37. The number of carbonyl (C=O) groups is 1. The summed E-state index contributed by atoms with van der Waals surface area (Å²) >= 11 is 3.30. The Morgan fingerprint density at radius 2 is 2.25 bits per heavy atom. The predicted molar refractivity (Wildman–Crippen MR) is 80.8 cm³/mol. The fraction of sp³-hybridized carbons (Fsp3) is 0.615. The third-order valence-corrected chi connectivity index (χ3v) is 4.23. The number of unbranched alkanes of at least 4 members (excludes halogenated alkanes) is 1. The largest absolute Gasteiger partial charge is 0.371 e. The maximum Gasteiger partial charge on any atom is 0.283 e. The van der Waals surface area contributed by atoms with Crippen molar-refractivity contribution in [2.24, 2.45) is 0 Å². The number of hydrogen-bond acceptors (Lipinski definition) is 4.